The van der Waals surface area contributed by atoms with Crippen LogP contribution in [-0.2, 0) is 29.1 Å². The third kappa shape index (κ3) is 5.87. The summed E-state index contributed by atoms with van der Waals surface area (Å²) in [4.78, 5) is 26.3. The normalized spacial score (nSPS) is 11.9. The summed E-state index contributed by atoms with van der Waals surface area (Å²) in [7, 11) is -1.60. The Kier molecular flexibility index (Phi) is 8.79. The van der Waals surface area contributed by atoms with Gasteiger partial charge < -0.3 is 14.4 Å². The SMILES string of the molecule is C#CCN(c1ccc(N(CC(=O)OC)S(=O)(=O)c2ccccc2C)c2ccccc12)[C@@H](C)CC(=O)OC. The van der Waals surface area contributed by atoms with Crippen molar-refractivity contribution >= 4 is 44.1 Å². The van der Waals surface area contributed by atoms with Crippen molar-refractivity contribution in [2.75, 3.05) is 36.5 Å². The maximum Gasteiger partial charge on any atom is 0.326 e. The van der Waals surface area contributed by atoms with E-state index >= 15 is 0 Å². The molecule has 0 aliphatic heterocycles. The summed E-state index contributed by atoms with van der Waals surface area (Å²) in [6.07, 6.45) is 5.76. The highest BCUT2D eigenvalue weighted by Gasteiger charge is 2.31. The van der Waals surface area contributed by atoms with Gasteiger partial charge in [-0.3, -0.25) is 13.9 Å². The lowest BCUT2D eigenvalue weighted by Gasteiger charge is -2.32. The van der Waals surface area contributed by atoms with Crippen LogP contribution in [0.3, 0.4) is 0 Å². The van der Waals surface area contributed by atoms with Crippen molar-refractivity contribution in [3.63, 3.8) is 0 Å². The number of terminal acetylenes is 1. The molecule has 37 heavy (non-hydrogen) atoms. The maximum absolute atomic E-state index is 13.9. The Morgan fingerprint density at radius 2 is 1.49 bits per heavy atom. The zero-order chi connectivity index (χ0) is 27.2. The van der Waals surface area contributed by atoms with E-state index < -0.39 is 22.5 Å². The van der Waals surface area contributed by atoms with Gasteiger partial charge >= 0.3 is 11.9 Å². The number of carbonyl (C=O) groups is 2. The fraction of sp³-hybridized carbons (Fsp3) is 0.286. The van der Waals surface area contributed by atoms with Crippen LogP contribution >= 0.6 is 0 Å². The number of hydrogen-bond acceptors (Lipinski definition) is 7. The summed E-state index contributed by atoms with van der Waals surface area (Å²) < 4.78 is 38.4. The molecule has 0 bridgehead atoms. The molecule has 0 amide bonds. The van der Waals surface area contributed by atoms with Crippen molar-refractivity contribution in [3.05, 3.63) is 66.2 Å². The molecule has 1 atom stereocenters. The quantitative estimate of drug-likeness (QED) is 0.294. The molecular formula is C28H30N2O6S. The van der Waals surface area contributed by atoms with E-state index in [2.05, 4.69) is 5.92 Å². The van der Waals surface area contributed by atoms with Crippen LogP contribution in [0.2, 0.25) is 0 Å². The fourth-order valence-electron chi connectivity index (χ4n) is 4.19. The molecule has 3 aromatic carbocycles. The Hall–Kier alpha value is -4.03. The van der Waals surface area contributed by atoms with E-state index in [0.29, 0.717) is 22.0 Å². The largest absolute Gasteiger partial charge is 0.469 e. The number of anilines is 2. The van der Waals surface area contributed by atoms with E-state index in [1.807, 2.05) is 24.0 Å². The molecule has 194 valence electrons. The smallest absolute Gasteiger partial charge is 0.326 e. The van der Waals surface area contributed by atoms with Crippen molar-refractivity contribution in [1.82, 2.24) is 0 Å². The zero-order valence-electron chi connectivity index (χ0n) is 21.3. The second-order valence-corrected chi connectivity index (χ2v) is 10.3. The Labute approximate surface area is 217 Å². The fourth-order valence-corrected chi connectivity index (χ4v) is 5.85. The topological polar surface area (TPSA) is 93.2 Å². The summed E-state index contributed by atoms with van der Waals surface area (Å²) in [5, 5.41) is 1.30. The number of esters is 2. The van der Waals surface area contributed by atoms with E-state index in [1.54, 1.807) is 49.4 Å². The second-order valence-electron chi connectivity index (χ2n) is 8.46. The standard InChI is InChI=1S/C28H30N2O6S/c1-6-17-29(21(3)18-27(31)35-4)24-15-16-25(23-13-9-8-12-22(23)24)30(19-28(32)36-5)37(33,34)26-14-10-7-11-20(26)2/h1,7-16,21H,17-19H2,2-5H3/t21-/m0/s1. The predicted octanol–water partition coefficient (Wildman–Crippen LogP) is 3.91. The highest BCUT2D eigenvalue weighted by molar-refractivity contribution is 7.93. The average molecular weight is 523 g/mol. The first-order chi connectivity index (χ1) is 17.6. The summed E-state index contributed by atoms with van der Waals surface area (Å²) in [5.74, 6) is 1.56. The summed E-state index contributed by atoms with van der Waals surface area (Å²) in [5.41, 5.74) is 1.59. The van der Waals surface area contributed by atoms with E-state index in [4.69, 9.17) is 15.9 Å². The van der Waals surface area contributed by atoms with Gasteiger partial charge in [-0.2, -0.15) is 0 Å². The van der Waals surface area contributed by atoms with Crippen LogP contribution in [0.4, 0.5) is 11.4 Å². The predicted molar refractivity (Wildman–Crippen MR) is 144 cm³/mol. The van der Waals surface area contributed by atoms with Gasteiger partial charge in [0.2, 0.25) is 0 Å². The van der Waals surface area contributed by atoms with Gasteiger partial charge in [-0.1, -0.05) is 48.4 Å². The van der Waals surface area contributed by atoms with Crippen LogP contribution in [0.5, 0.6) is 0 Å². The Bertz CT molecular complexity index is 1440. The number of fused-ring (bicyclic) bond motifs is 1. The van der Waals surface area contributed by atoms with Crippen molar-refractivity contribution in [1.29, 1.82) is 0 Å². The molecule has 0 heterocycles. The monoisotopic (exact) mass is 522 g/mol. The molecule has 0 aromatic heterocycles. The number of rotatable bonds is 10. The number of sulfonamides is 1. The summed E-state index contributed by atoms with van der Waals surface area (Å²) in [6.45, 7) is 3.27. The number of carbonyl (C=O) groups excluding carboxylic acids is 2. The van der Waals surface area contributed by atoms with Crippen LogP contribution in [-0.4, -0.2) is 53.7 Å². The molecule has 8 nitrogen and oxygen atoms in total. The number of hydrogen-bond donors (Lipinski definition) is 0. The number of benzene rings is 3. The number of ether oxygens (including phenoxy) is 2. The number of nitrogens with zero attached hydrogens (tertiary/aromatic N) is 2. The van der Waals surface area contributed by atoms with Crippen LogP contribution in [0.1, 0.15) is 18.9 Å². The van der Waals surface area contributed by atoms with Crippen LogP contribution in [0, 0.1) is 19.3 Å². The molecule has 0 fully saturated rings. The lowest BCUT2D eigenvalue weighted by Crippen LogP contribution is -2.37. The van der Waals surface area contributed by atoms with E-state index in [-0.39, 0.29) is 29.9 Å². The Morgan fingerprint density at radius 1 is 0.919 bits per heavy atom. The van der Waals surface area contributed by atoms with E-state index in [0.717, 1.165) is 9.99 Å². The van der Waals surface area contributed by atoms with Gasteiger partial charge in [0.15, 0.2) is 0 Å². The number of methoxy groups -OCH3 is 2. The molecular weight excluding hydrogens is 492 g/mol. The molecule has 3 aromatic rings. The van der Waals surface area contributed by atoms with Crippen molar-refractivity contribution < 1.29 is 27.5 Å². The molecule has 3 rings (SSSR count). The molecule has 0 spiro atoms. The average Bonchev–Trinajstić information content (AvgIpc) is 2.89. The minimum Gasteiger partial charge on any atom is -0.469 e. The van der Waals surface area contributed by atoms with Crippen LogP contribution in [0.15, 0.2) is 65.6 Å². The minimum atomic E-state index is -4.13. The molecule has 0 saturated heterocycles. The first kappa shape index (κ1) is 27.6. The van der Waals surface area contributed by atoms with Gasteiger partial charge in [-0.05, 0) is 37.6 Å². The number of aryl methyl sites for hydroxylation is 1. The third-order valence-corrected chi connectivity index (χ3v) is 8.02. The van der Waals surface area contributed by atoms with Gasteiger partial charge in [0.25, 0.3) is 10.0 Å². The van der Waals surface area contributed by atoms with Gasteiger partial charge in [-0.25, -0.2) is 8.42 Å². The van der Waals surface area contributed by atoms with Crippen molar-refractivity contribution in [3.8, 4) is 12.3 Å². The van der Waals surface area contributed by atoms with E-state index in [9.17, 15) is 18.0 Å². The van der Waals surface area contributed by atoms with Gasteiger partial charge in [0, 0.05) is 22.5 Å². The van der Waals surface area contributed by atoms with Crippen LogP contribution < -0.4 is 9.21 Å². The highest BCUT2D eigenvalue weighted by atomic mass is 32.2. The lowest BCUT2D eigenvalue weighted by atomic mass is 10.0. The first-order valence-electron chi connectivity index (χ1n) is 11.6. The van der Waals surface area contributed by atoms with Gasteiger partial charge in [0.05, 0.1) is 37.8 Å². The molecule has 9 heteroatoms. The molecule has 0 radical (unpaired) electrons. The Balaban J connectivity index is 2.23. The summed E-state index contributed by atoms with van der Waals surface area (Å²) in [6, 6.07) is 16.9. The van der Waals surface area contributed by atoms with Crippen molar-refractivity contribution in [2.24, 2.45) is 0 Å². The molecule has 0 N–H and O–H groups in total. The van der Waals surface area contributed by atoms with Gasteiger partial charge in [0.1, 0.15) is 6.54 Å². The third-order valence-electron chi connectivity index (χ3n) is 6.10. The van der Waals surface area contributed by atoms with Crippen LogP contribution in [0.25, 0.3) is 10.8 Å². The zero-order valence-corrected chi connectivity index (χ0v) is 22.1. The molecule has 0 unspecified atom stereocenters. The van der Waals surface area contributed by atoms with E-state index in [1.165, 1.54) is 20.3 Å². The summed E-state index contributed by atoms with van der Waals surface area (Å²) >= 11 is 0. The second kappa shape index (κ2) is 11.8. The van der Waals surface area contributed by atoms with Crippen molar-refractivity contribution in [2.45, 2.75) is 31.2 Å². The van der Waals surface area contributed by atoms with Gasteiger partial charge in [-0.15, -0.1) is 6.42 Å². The minimum absolute atomic E-state index is 0.0905. The maximum atomic E-state index is 13.9. The molecule has 0 aliphatic carbocycles. The highest BCUT2D eigenvalue weighted by Crippen LogP contribution is 2.37. The lowest BCUT2D eigenvalue weighted by molar-refractivity contribution is -0.141. The first-order valence-corrected chi connectivity index (χ1v) is 13.0. The molecule has 0 aliphatic rings. The Morgan fingerprint density at radius 3 is 2.08 bits per heavy atom. The molecule has 0 saturated carbocycles.